The van der Waals surface area contributed by atoms with Gasteiger partial charge in [-0.3, -0.25) is 4.79 Å². The molecule has 1 aromatic carbocycles. The van der Waals surface area contributed by atoms with Crippen LogP contribution < -0.4 is 5.32 Å². The number of carbonyl (C=O) groups is 2. The molecule has 0 aliphatic carbocycles. The molecule has 0 aliphatic rings. The summed E-state index contributed by atoms with van der Waals surface area (Å²) in [5.74, 6) is -1.32. The monoisotopic (exact) mass is 332 g/mol. The smallest absolute Gasteiger partial charge is 0.339 e. The Hall–Kier alpha value is -2.63. The maximum Gasteiger partial charge on any atom is 0.339 e. The first-order valence-electron chi connectivity index (χ1n) is 7.76. The van der Waals surface area contributed by atoms with E-state index in [2.05, 4.69) is 10.3 Å². The van der Waals surface area contributed by atoms with Crippen molar-refractivity contribution in [2.45, 2.75) is 33.6 Å². The number of esters is 1. The topological polar surface area (TPSA) is 71.2 Å². The number of benzene rings is 1. The maximum absolute atomic E-state index is 13.4. The second-order valence-electron chi connectivity index (χ2n) is 5.63. The summed E-state index contributed by atoms with van der Waals surface area (Å²) >= 11 is 0. The third-order valence-corrected chi connectivity index (χ3v) is 3.86. The Morgan fingerprint density at radius 1 is 1.29 bits per heavy atom. The maximum atomic E-state index is 13.4. The number of carbonyl (C=O) groups excluding carboxylic acids is 2. The van der Waals surface area contributed by atoms with Gasteiger partial charge in [0.1, 0.15) is 11.5 Å². The van der Waals surface area contributed by atoms with Gasteiger partial charge in [0.05, 0.1) is 12.7 Å². The van der Waals surface area contributed by atoms with Crippen LogP contribution in [0.5, 0.6) is 0 Å². The normalized spacial score (nSPS) is 10.5. The molecule has 6 heteroatoms. The number of rotatable bonds is 5. The molecule has 128 valence electrons. The molecule has 0 saturated heterocycles. The van der Waals surface area contributed by atoms with E-state index in [9.17, 15) is 14.0 Å². The molecule has 0 fully saturated rings. The van der Waals surface area contributed by atoms with E-state index in [0.29, 0.717) is 34.6 Å². The van der Waals surface area contributed by atoms with Crippen LogP contribution in [0.15, 0.2) is 18.2 Å². The third-order valence-electron chi connectivity index (χ3n) is 3.86. The zero-order valence-electron chi connectivity index (χ0n) is 14.2. The first-order valence-corrected chi connectivity index (χ1v) is 7.76. The molecule has 0 saturated carbocycles. The molecular weight excluding hydrogens is 311 g/mol. The van der Waals surface area contributed by atoms with Crippen LogP contribution in [0.25, 0.3) is 0 Å². The lowest BCUT2D eigenvalue weighted by Crippen LogP contribution is -2.16. The van der Waals surface area contributed by atoms with Crippen LogP contribution in [-0.2, 0) is 11.2 Å². The van der Waals surface area contributed by atoms with Crippen molar-refractivity contribution < 1.29 is 18.7 Å². The lowest BCUT2D eigenvalue weighted by atomic mass is 10.0. The van der Waals surface area contributed by atoms with Crippen molar-refractivity contribution in [3.8, 4) is 0 Å². The molecule has 1 heterocycles. The molecule has 1 amide bonds. The number of aromatic nitrogens is 1. The largest absolute Gasteiger partial charge is 0.465 e. The van der Waals surface area contributed by atoms with Crippen LogP contribution in [0.3, 0.4) is 0 Å². The van der Waals surface area contributed by atoms with Crippen molar-refractivity contribution in [2.75, 3.05) is 12.4 Å². The molecule has 2 N–H and O–H groups in total. The van der Waals surface area contributed by atoms with Gasteiger partial charge in [0, 0.05) is 11.4 Å². The molecule has 5 nitrogen and oxygen atoms in total. The van der Waals surface area contributed by atoms with Gasteiger partial charge in [-0.25, -0.2) is 9.18 Å². The van der Waals surface area contributed by atoms with E-state index in [1.54, 1.807) is 19.9 Å². The molecule has 1 aromatic heterocycles. The van der Waals surface area contributed by atoms with E-state index in [4.69, 9.17) is 4.74 Å². The number of aromatic amines is 1. The molecule has 0 aliphatic heterocycles. The van der Waals surface area contributed by atoms with E-state index >= 15 is 0 Å². The second-order valence-corrected chi connectivity index (χ2v) is 5.63. The number of aryl methyl sites for hydroxylation is 2. The molecule has 0 bridgehead atoms. The number of methoxy groups -OCH3 is 1. The average Bonchev–Trinajstić information content (AvgIpc) is 2.87. The Morgan fingerprint density at radius 3 is 2.62 bits per heavy atom. The summed E-state index contributed by atoms with van der Waals surface area (Å²) in [5.41, 5.74) is 3.03. The Bertz CT molecular complexity index is 781. The van der Waals surface area contributed by atoms with Gasteiger partial charge in [-0.2, -0.15) is 0 Å². The second kappa shape index (κ2) is 7.29. The summed E-state index contributed by atoms with van der Waals surface area (Å²) in [4.78, 5) is 27.6. The minimum absolute atomic E-state index is 0.304. The first-order chi connectivity index (χ1) is 11.4. The fourth-order valence-corrected chi connectivity index (χ4v) is 2.66. The SMILES string of the molecule is CCCc1c(C(=O)Nc2cc(F)ccc2C)[nH]c(C)c1C(=O)OC. The summed E-state index contributed by atoms with van der Waals surface area (Å²) in [6, 6.07) is 4.20. The summed E-state index contributed by atoms with van der Waals surface area (Å²) in [5, 5.41) is 2.70. The van der Waals surface area contributed by atoms with Gasteiger partial charge in [0.25, 0.3) is 5.91 Å². The number of halogens is 1. The summed E-state index contributed by atoms with van der Waals surface area (Å²) in [6.45, 7) is 5.46. The van der Waals surface area contributed by atoms with Crippen molar-refractivity contribution in [3.05, 3.63) is 52.1 Å². The first kappa shape index (κ1) is 17.7. The van der Waals surface area contributed by atoms with E-state index in [-0.39, 0.29) is 0 Å². The highest BCUT2D eigenvalue weighted by Gasteiger charge is 2.25. The van der Waals surface area contributed by atoms with Crippen LogP contribution in [0, 0.1) is 19.7 Å². The van der Waals surface area contributed by atoms with Gasteiger partial charge < -0.3 is 15.0 Å². The average molecular weight is 332 g/mol. The Labute approximate surface area is 140 Å². The molecule has 0 unspecified atom stereocenters. The van der Waals surface area contributed by atoms with Crippen LogP contribution in [0.4, 0.5) is 10.1 Å². The number of amides is 1. The fourth-order valence-electron chi connectivity index (χ4n) is 2.66. The van der Waals surface area contributed by atoms with Crippen molar-refractivity contribution in [2.24, 2.45) is 0 Å². The minimum Gasteiger partial charge on any atom is -0.465 e. The Kier molecular flexibility index (Phi) is 5.39. The Balaban J connectivity index is 2.42. The van der Waals surface area contributed by atoms with Crippen LogP contribution in [0.2, 0.25) is 0 Å². The molecule has 0 spiro atoms. The predicted octanol–water partition coefficient (Wildman–Crippen LogP) is 3.76. The number of hydrogen-bond acceptors (Lipinski definition) is 3. The van der Waals surface area contributed by atoms with Crippen LogP contribution in [-0.4, -0.2) is 24.0 Å². The zero-order valence-corrected chi connectivity index (χ0v) is 14.2. The molecule has 0 atom stereocenters. The van der Waals surface area contributed by atoms with Gasteiger partial charge in [-0.1, -0.05) is 19.4 Å². The standard InChI is InChI=1S/C18H21FN2O3/c1-5-6-13-15(18(23)24-4)11(3)20-16(13)17(22)21-14-9-12(19)8-7-10(14)2/h7-9,20H,5-6H2,1-4H3,(H,21,22). The van der Waals surface area contributed by atoms with Gasteiger partial charge in [-0.05, 0) is 43.5 Å². The number of anilines is 1. The molecule has 24 heavy (non-hydrogen) atoms. The summed E-state index contributed by atoms with van der Waals surface area (Å²) in [7, 11) is 1.31. The highest BCUT2D eigenvalue weighted by atomic mass is 19.1. The zero-order chi connectivity index (χ0) is 17.9. The van der Waals surface area contributed by atoms with E-state index < -0.39 is 17.7 Å². The van der Waals surface area contributed by atoms with Crippen molar-refractivity contribution >= 4 is 17.6 Å². The van der Waals surface area contributed by atoms with E-state index in [0.717, 1.165) is 12.0 Å². The fraction of sp³-hybridized carbons (Fsp3) is 0.333. The number of H-pyrrole nitrogens is 1. The molecule has 0 radical (unpaired) electrons. The quantitative estimate of drug-likeness (QED) is 0.819. The predicted molar refractivity (Wildman–Crippen MR) is 90.0 cm³/mol. The van der Waals surface area contributed by atoms with Gasteiger partial charge in [-0.15, -0.1) is 0 Å². The van der Waals surface area contributed by atoms with Crippen molar-refractivity contribution in [3.63, 3.8) is 0 Å². The molecule has 2 rings (SSSR count). The highest BCUT2D eigenvalue weighted by molar-refractivity contribution is 6.07. The Morgan fingerprint density at radius 2 is 2.00 bits per heavy atom. The highest BCUT2D eigenvalue weighted by Crippen LogP contribution is 2.24. The lowest BCUT2D eigenvalue weighted by molar-refractivity contribution is 0.0599. The summed E-state index contributed by atoms with van der Waals surface area (Å²) in [6.07, 6.45) is 1.32. The van der Waals surface area contributed by atoms with E-state index in [1.165, 1.54) is 19.2 Å². The number of ether oxygens (including phenoxy) is 1. The van der Waals surface area contributed by atoms with Crippen molar-refractivity contribution in [1.82, 2.24) is 4.98 Å². The molecular formula is C18H21FN2O3. The van der Waals surface area contributed by atoms with Crippen molar-refractivity contribution in [1.29, 1.82) is 0 Å². The number of nitrogens with one attached hydrogen (secondary N) is 2. The third kappa shape index (κ3) is 3.48. The van der Waals surface area contributed by atoms with Crippen LogP contribution >= 0.6 is 0 Å². The minimum atomic E-state index is -0.479. The van der Waals surface area contributed by atoms with Crippen LogP contribution in [0.1, 0.15) is 51.0 Å². The lowest BCUT2D eigenvalue weighted by Gasteiger charge is -2.09. The van der Waals surface area contributed by atoms with Gasteiger partial charge >= 0.3 is 5.97 Å². The van der Waals surface area contributed by atoms with Gasteiger partial charge in [0.2, 0.25) is 0 Å². The number of hydrogen-bond donors (Lipinski definition) is 2. The molecule has 2 aromatic rings. The summed E-state index contributed by atoms with van der Waals surface area (Å²) < 4.78 is 18.2. The van der Waals surface area contributed by atoms with Gasteiger partial charge in [0.15, 0.2) is 0 Å². The van der Waals surface area contributed by atoms with E-state index in [1.807, 2.05) is 6.92 Å².